The van der Waals surface area contributed by atoms with E-state index in [2.05, 4.69) is 10.1 Å². The Bertz CT molecular complexity index is 795. The third kappa shape index (κ3) is 6.29. The number of rotatable bonds is 8. The molecule has 0 spiro atoms. The predicted molar refractivity (Wildman–Crippen MR) is 105 cm³/mol. The lowest BCUT2D eigenvalue weighted by Gasteiger charge is -2.12. The minimum absolute atomic E-state index is 0.0246. The van der Waals surface area contributed by atoms with Gasteiger partial charge in [0.25, 0.3) is 0 Å². The molecule has 0 aliphatic heterocycles. The quantitative estimate of drug-likeness (QED) is 0.623. The summed E-state index contributed by atoms with van der Waals surface area (Å²) in [4.78, 5) is 12.2. The van der Waals surface area contributed by atoms with E-state index in [1.165, 1.54) is 24.9 Å². The molecule has 27 heavy (non-hydrogen) atoms. The summed E-state index contributed by atoms with van der Waals surface area (Å²) in [7, 11) is 1.38. The van der Waals surface area contributed by atoms with Crippen LogP contribution in [0.2, 0.25) is 5.02 Å². The molecule has 0 saturated heterocycles. The summed E-state index contributed by atoms with van der Waals surface area (Å²) in [6.07, 6.45) is 0. The van der Waals surface area contributed by atoms with Crippen molar-refractivity contribution < 1.29 is 23.0 Å². The van der Waals surface area contributed by atoms with Gasteiger partial charge in [-0.1, -0.05) is 23.7 Å². The number of halogens is 3. The standard InChI is InChI=1S/C19H20ClF2NO3S/c1-11-6-12(2)18(14(20)7-11)23-17(24)10-27-9-13-4-5-15(26-19(21)22)16(8-13)25-3/h4-8,19H,9-10H2,1-3H3,(H,23,24). The number of ether oxygens (including phenoxy) is 2. The molecule has 146 valence electrons. The molecule has 1 N–H and O–H groups in total. The lowest BCUT2D eigenvalue weighted by atomic mass is 10.1. The smallest absolute Gasteiger partial charge is 0.387 e. The van der Waals surface area contributed by atoms with Crippen molar-refractivity contribution in [1.82, 2.24) is 0 Å². The van der Waals surface area contributed by atoms with E-state index in [9.17, 15) is 13.6 Å². The molecule has 0 fully saturated rings. The van der Waals surface area contributed by atoms with Gasteiger partial charge in [0.2, 0.25) is 5.91 Å². The summed E-state index contributed by atoms with van der Waals surface area (Å²) >= 11 is 7.58. The first-order valence-electron chi connectivity index (χ1n) is 8.06. The van der Waals surface area contributed by atoms with Crippen molar-refractivity contribution in [3.05, 3.63) is 52.0 Å². The van der Waals surface area contributed by atoms with Crippen LogP contribution in [-0.2, 0) is 10.5 Å². The van der Waals surface area contributed by atoms with Crippen molar-refractivity contribution in [2.75, 3.05) is 18.2 Å². The Labute approximate surface area is 166 Å². The SMILES string of the molecule is COc1cc(CSCC(=O)Nc2c(C)cc(C)cc2Cl)ccc1OC(F)F. The summed E-state index contributed by atoms with van der Waals surface area (Å²) in [5.41, 5.74) is 3.37. The molecule has 4 nitrogen and oxygen atoms in total. The number of amides is 1. The number of anilines is 1. The van der Waals surface area contributed by atoms with Gasteiger partial charge in [-0.15, -0.1) is 11.8 Å². The fraction of sp³-hybridized carbons (Fsp3) is 0.316. The summed E-state index contributed by atoms with van der Waals surface area (Å²) in [5, 5.41) is 3.33. The molecule has 0 bridgehead atoms. The third-order valence-electron chi connectivity index (χ3n) is 3.64. The molecule has 0 aromatic heterocycles. The Kier molecular flexibility index (Phi) is 7.74. The number of methoxy groups -OCH3 is 1. The van der Waals surface area contributed by atoms with Crippen LogP contribution in [0.4, 0.5) is 14.5 Å². The topological polar surface area (TPSA) is 47.6 Å². The minimum atomic E-state index is -2.92. The van der Waals surface area contributed by atoms with E-state index in [0.717, 1.165) is 16.7 Å². The van der Waals surface area contributed by atoms with E-state index in [0.29, 0.717) is 16.5 Å². The Balaban J connectivity index is 1.91. The fourth-order valence-corrected chi connectivity index (χ4v) is 3.65. The van der Waals surface area contributed by atoms with Gasteiger partial charge in [-0.25, -0.2) is 0 Å². The number of carbonyl (C=O) groups is 1. The first-order chi connectivity index (χ1) is 12.8. The molecule has 0 unspecified atom stereocenters. The molecule has 0 heterocycles. The van der Waals surface area contributed by atoms with Gasteiger partial charge in [0.05, 0.1) is 23.6 Å². The van der Waals surface area contributed by atoms with Gasteiger partial charge >= 0.3 is 6.61 Å². The Morgan fingerprint density at radius 1 is 1.22 bits per heavy atom. The maximum absolute atomic E-state index is 12.4. The molecule has 0 aliphatic carbocycles. The molecule has 2 aromatic carbocycles. The second kappa shape index (κ2) is 9.80. The van der Waals surface area contributed by atoms with Crippen LogP contribution in [0.25, 0.3) is 0 Å². The third-order valence-corrected chi connectivity index (χ3v) is 4.94. The van der Waals surface area contributed by atoms with Crippen LogP contribution in [0, 0.1) is 13.8 Å². The van der Waals surface area contributed by atoms with Gasteiger partial charge in [-0.2, -0.15) is 8.78 Å². The lowest BCUT2D eigenvalue weighted by Crippen LogP contribution is -2.15. The highest BCUT2D eigenvalue weighted by Crippen LogP contribution is 2.31. The summed E-state index contributed by atoms with van der Waals surface area (Å²) in [5.74, 6) is 0.766. The monoisotopic (exact) mass is 415 g/mol. The number of hydrogen-bond acceptors (Lipinski definition) is 4. The maximum Gasteiger partial charge on any atom is 0.387 e. The number of aryl methyl sites for hydroxylation is 2. The van der Waals surface area contributed by atoms with Crippen LogP contribution >= 0.6 is 23.4 Å². The Hall–Kier alpha value is -1.99. The van der Waals surface area contributed by atoms with Crippen LogP contribution < -0.4 is 14.8 Å². The minimum Gasteiger partial charge on any atom is -0.493 e. The molecule has 0 atom stereocenters. The zero-order chi connectivity index (χ0) is 20.0. The molecular weight excluding hydrogens is 396 g/mol. The number of thioether (sulfide) groups is 1. The van der Waals surface area contributed by atoms with Gasteiger partial charge < -0.3 is 14.8 Å². The first-order valence-corrected chi connectivity index (χ1v) is 9.59. The molecule has 0 aliphatic rings. The van der Waals surface area contributed by atoms with E-state index in [1.54, 1.807) is 18.2 Å². The number of hydrogen-bond donors (Lipinski definition) is 1. The van der Waals surface area contributed by atoms with E-state index in [4.69, 9.17) is 16.3 Å². The maximum atomic E-state index is 12.4. The van der Waals surface area contributed by atoms with Gasteiger partial charge in [-0.05, 0) is 48.7 Å². The van der Waals surface area contributed by atoms with E-state index >= 15 is 0 Å². The average Bonchev–Trinajstić information content (AvgIpc) is 2.58. The van der Waals surface area contributed by atoms with Gasteiger partial charge in [-0.3, -0.25) is 4.79 Å². The van der Waals surface area contributed by atoms with Crippen LogP contribution in [0.1, 0.15) is 16.7 Å². The summed E-state index contributed by atoms with van der Waals surface area (Å²) in [6, 6.07) is 8.45. The molecule has 0 radical (unpaired) electrons. The summed E-state index contributed by atoms with van der Waals surface area (Å²) in [6.45, 7) is 0.906. The van der Waals surface area contributed by atoms with Crippen molar-refractivity contribution in [1.29, 1.82) is 0 Å². The van der Waals surface area contributed by atoms with Gasteiger partial charge in [0, 0.05) is 5.75 Å². The first kappa shape index (κ1) is 21.3. The fourth-order valence-electron chi connectivity index (χ4n) is 2.51. The van der Waals surface area contributed by atoms with Crippen molar-refractivity contribution in [3.8, 4) is 11.5 Å². The zero-order valence-corrected chi connectivity index (χ0v) is 16.7. The second-order valence-electron chi connectivity index (χ2n) is 5.84. The number of benzene rings is 2. The second-order valence-corrected chi connectivity index (χ2v) is 7.24. The van der Waals surface area contributed by atoms with Gasteiger partial charge in [0.15, 0.2) is 11.5 Å². The molecule has 1 amide bonds. The van der Waals surface area contributed by atoms with E-state index in [1.807, 2.05) is 19.9 Å². The van der Waals surface area contributed by atoms with E-state index in [-0.39, 0.29) is 23.2 Å². The lowest BCUT2D eigenvalue weighted by molar-refractivity contribution is -0.113. The average molecular weight is 416 g/mol. The highest BCUT2D eigenvalue weighted by molar-refractivity contribution is 7.99. The number of carbonyl (C=O) groups excluding carboxylic acids is 1. The molecule has 2 rings (SSSR count). The molecule has 0 saturated carbocycles. The number of nitrogens with one attached hydrogen (secondary N) is 1. The van der Waals surface area contributed by atoms with Crippen LogP contribution in [-0.4, -0.2) is 25.4 Å². The Morgan fingerprint density at radius 2 is 1.96 bits per heavy atom. The van der Waals surface area contributed by atoms with E-state index < -0.39 is 6.61 Å². The van der Waals surface area contributed by atoms with Crippen molar-refractivity contribution in [3.63, 3.8) is 0 Å². The highest BCUT2D eigenvalue weighted by atomic mass is 35.5. The summed E-state index contributed by atoms with van der Waals surface area (Å²) < 4.78 is 34.2. The van der Waals surface area contributed by atoms with Gasteiger partial charge in [0.1, 0.15) is 0 Å². The zero-order valence-electron chi connectivity index (χ0n) is 15.1. The molecular formula is C19H20ClF2NO3S. The predicted octanol–water partition coefficient (Wildman–Crippen LogP) is 5.44. The van der Waals surface area contributed by atoms with Crippen LogP contribution in [0.5, 0.6) is 11.5 Å². The number of alkyl halides is 2. The Morgan fingerprint density at radius 3 is 2.59 bits per heavy atom. The molecule has 8 heteroatoms. The highest BCUT2D eigenvalue weighted by Gasteiger charge is 2.12. The van der Waals surface area contributed by atoms with Crippen molar-refractivity contribution in [2.24, 2.45) is 0 Å². The largest absolute Gasteiger partial charge is 0.493 e. The molecule has 2 aromatic rings. The van der Waals surface area contributed by atoms with Crippen LogP contribution in [0.15, 0.2) is 30.3 Å². The van der Waals surface area contributed by atoms with Crippen molar-refractivity contribution >= 4 is 35.0 Å². The van der Waals surface area contributed by atoms with Crippen molar-refractivity contribution in [2.45, 2.75) is 26.2 Å². The normalized spacial score (nSPS) is 10.8. The van der Waals surface area contributed by atoms with Crippen LogP contribution in [0.3, 0.4) is 0 Å².